The Bertz CT molecular complexity index is 131. The van der Waals surface area contributed by atoms with Crippen LogP contribution >= 0.6 is 0 Å². The van der Waals surface area contributed by atoms with E-state index >= 15 is 0 Å². The molecule has 0 saturated carbocycles. The Labute approximate surface area is 99.9 Å². The van der Waals surface area contributed by atoms with Crippen LogP contribution in [0.15, 0.2) is 0 Å². The fourth-order valence-corrected chi connectivity index (χ4v) is 4.02. The first-order chi connectivity index (χ1) is 6.81. The molecule has 0 radical (unpaired) electrons. The molecule has 84 valence electrons. The van der Waals surface area contributed by atoms with Crippen molar-refractivity contribution in [2.24, 2.45) is 0 Å². The number of nitrogens with one attached hydrogen (secondary N) is 2. The van der Waals surface area contributed by atoms with Crippen molar-refractivity contribution in [1.29, 1.82) is 0 Å². The van der Waals surface area contributed by atoms with Crippen molar-refractivity contribution in [3.8, 4) is 0 Å². The van der Waals surface area contributed by atoms with Gasteiger partial charge >= 0.3 is 100 Å². The predicted octanol–water partition coefficient (Wildman–Crippen LogP) is 1.96. The molecule has 0 heterocycles. The first kappa shape index (κ1) is 14.3. The van der Waals surface area contributed by atoms with Gasteiger partial charge in [0.2, 0.25) is 0 Å². The van der Waals surface area contributed by atoms with Crippen LogP contribution in [0.4, 0.5) is 4.79 Å². The average molecular weight is 330 g/mol. The number of urea groups is 1. The zero-order valence-corrected chi connectivity index (χ0v) is 12.4. The van der Waals surface area contributed by atoms with Crippen molar-refractivity contribution in [1.82, 2.24) is 8.67 Å². The van der Waals surface area contributed by atoms with E-state index in [1.165, 1.54) is 25.7 Å². The van der Waals surface area contributed by atoms with Gasteiger partial charge in [-0.25, -0.2) is 0 Å². The molecule has 5 heteroatoms. The fourth-order valence-electron chi connectivity index (χ4n) is 0.687. The number of carbonyl (C=O) groups is 1. The number of rotatable bonds is 8. The maximum absolute atomic E-state index is 11.2. The Morgan fingerprint density at radius 2 is 1.43 bits per heavy atom. The zero-order valence-electron chi connectivity index (χ0n) is 8.97. The van der Waals surface area contributed by atoms with E-state index in [1.807, 2.05) is 0 Å². The fraction of sp³-hybridized carbons (Fsp3) is 0.889. The predicted molar refractivity (Wildman–Crippen MR) is 62.6 cm³/mol. The summed E-state index contributed by atoms with van der Waals surface area (Å²) in [7, 11) is 0. The van der Waals surface area contributed by atoms with Crippen molar-refractivity contribution in [2.75, 3.05) is 0 Å². The molecule has 0 spiro atoms. The van der Waals surface area contributed by atoms with Gasteiger partial charge in [-0.3, -0.25) is 0 Å². The number of amides is 2. The molecule has 0 aromatic carbocycles. The summed E-state index contributed by atoms with van der Waals surface area (Å²) in [6, 6.07) is 0.0391. The molecular weight excluding hydrogens is 310 g/mol. The molecule has 3 nitrogen and oxygen atoms in total. The van der Waals surface area contributed by atoms with Crippen LogP contribution in [0.2, 0.25) is 10.6 Å². The van der Waals surface area contributed by atoms with Gasteiger partial charge in [0, 0.05) is 0 Å². The third kappa shape index (κ3) is 10.4. The summed E-state index contributed by atoms with van der Waals surface area (Å²) < 4.78 is 5.84. The standard InChI is InChI=1S/C9H20N2OSe2/c1-3-5-7-13-10-9(12)11-14-8-6-4-2/h3-8H2,1-2H3,(H2,10,11,12). The maximum atomic E-state index is 11.2. The van der Waals surface area contributed by atoms with E-state index in [4.69, 9.17) is 0 Å². The van der Waals surface area contributed by atoms with E-state index in [1.54, 1.807) is 0 Å². The minimum absolute atomic E-state index is 0.0391. The third-order valence-corrected chi connectivity index (χ3v) is 4.98. The van der Waals surface area contributed by atoms with E-state index in [-0.39, 0.29) is 6.03 Å². The van der Waals surface area contributed by atoms with E-state index < -0.39 is 0 Å². The normalized spacial score (nSPS) is 9.86. The molecule has 0 rings (SSSR count). The summed E-state index contributed by atoms with van der Waals surface area (Å²) >= 11 is 0.585. The first-order valence-corrected chi connectivity index (χ1v) is 9.24. The molecule has 0 aromatic heterocycles. The molecule has 0 bridgehead atoms. The topological polar surface area (TPSA) is 41.1 Å². The number of carbonyl (C=O) groups excluding carboxylic acids is 1. The van der Waals surface area contributed by atoms with Crippen LogP contribution in [0.25, 0.3) is 0 Å². The summed E-state index contributed by atoms with van der Waals surface area (Å²) in [5.74, 6) is 0. The van der Waals surface area contributed by atoms with Gasteiger partial charge in [0.15, 0.2) is 0 Å². The van der Waals surface area contributed by atoms with E-state index in [2.05, 4.69) is 22.5 Å². The SMILES string of the molecule is CCCC[Se]NC(=O)N[Se]CCCC. The van der Waals surface area contributed by atoms with Crippen molar-refractivity contribution in [2.45, 2.75) is 50.2 Å². The second-order valence-electron chi connectivity index (χ2n) is 2.94. The average Bonchev–Trinajstić information content (AvgIpc) is 2.19. The molecule has 0 saturated heterocycles. The van der Waals surface area contributed by atoms with Crippen LogP contribution in [0.1, 0.15) is 39.5 Å². The van der Waals surface area contributed by atoms with Gasteiger partial charge in [-0.15, -0.1) is 0 Å². The first-order valence-electron chi connectivity index (χ1n) is 5.10. The van der Waals surface area contributed by atoms with Crippen LogP contribution < -0.4 is 8.67 Å². The quantitative estimate of drug-likeness (QED) is 0.518. The van der Waals surface area contributed by atoms with Crippen LogP contribution in [-0.2, 0) is 0 Å². The van der Waals surface area contributed by atoms with E-state index in [9.17, 15) is 4.79 Å². The van der Waals surface area contributed by atoms with Crippen LogP contribution in [0, 0.1) is 0 Å². The Balaban J connectivity index is 3.11. The number of unbranched alkanes of at least 4 members (excludes halogenated alkanes) is 2. The molecule has 0 aliphatic rings. The molecule has 0 aliphatic heterocycles. The van der Waals surface area contributed by atoms with Gasteiger partial charge in [0.05, 0.1) is 0 Å². The molecule has 0 fully saturated rings. The van der Waals surface area contributed by atoms with Gasteiger partial charge in [-0.05, 0) is 0 Å². The van der Waals surface area contributed by atoms with Gasteiger partial charge in [0.1, 0.15) is 0 Å². The van der Waals surface area contributed by atoms with Crippen LogP contribution in [0.3, 0.4) is 0 Å². The minimum atomic E-state index is 0.0391. The van der Waals surface area contributed by atoms with Crippen LogP contribution in [0.5, 0.6) is 0 Å². The van der Waals surface area contributed by atoms with Gasteiger partial charge in [0.25, 0.3) is 0 Å². The van der Waals surface area contributed by atoms with Gasteiger partial charge < -0.3 is 0 Å². The van der Waals surface area contributed by atoms with E-state index in [0.29, 0.717) is 30.3 Å². The molecule has 2 N–H and O–H groups in total. The molecule has 14 heavy (non-hydrogen) atoms. The van der Waals surface area contributed by atoms with Gasteiger partial charge in [-0.2, -0.15) is 0 Å². The molecule has 0 aromatic rings. The summed E-state index contributed by atoms with van der Waals surface area (Å²) in [5, 5.41) is 2.30. The van der Waals surface area contributed by atoms with Crippen molar-refractivity contribution < 1.29 is 4.79 Å². The monoisotopic (exact) mass is 332 g/mol. The summed E-state index contributed by atoms with van der Waals surface area (Å²) in [6.07, 6.45) is 4.87. The second kappa shape index (κ2) is 11.4. The van der Waals surface area contributed by atoms with Crippen molar-refractivity contribution >= 4 is 36.4 Å². The number of hydrogen-bond acceptors (Lipinski definition) is 1. The molecule has 2 amide bonds. The van der Waals surface area contributed by atoms with Crippen molar-refractivity contribution in [3.63, 3.8) is 0 Å². The summed E-state index contributed by atoms with van der Waals surface area (Å²) in [4.78, 5) is 11.2. The third-order valence-electron chi connectivity index (χ3n) is 1.53. The Morgan fingerprint density at radius 3 is 1.79 bits per heavy atom. The molecule has 0 aliphatic carbocycles. The van der Waals surface area contributed by atoms with Crippen LogP contribution in [-0.4, -0.2) is 36.4 Å². The molecule has 0 unspecified atom stereocenters. The molecular formula is C9H20N2OSe2. The van der Waals surface area contributed by atoms with Crippen molar-refractivity contribution in [3.05, 3.63) is 0 Å². The van der Waals surface area contributed by atoms with Gasteiger partial charge in [-0.1, -0.05) is 0 Å². The number of hydrogen-bond donors (Lipinski definition) is 2. The summed E-state index contributed by atoms with van der Waals surface area (Å²) in [5.41, 5.74) is 0. The Morgan fingerprint density at radius 1 is 1.00 bits per heavy atom. The summed E-state index contributed by atoms with van der Waals surface area (Å²) in [6.45, 7) is 4.34. The van der Waals surface area contributed by atoms with E-state index in [0.717, 1.165) is 10.6 Å². The zero-order chi connectivity index (χ0) is 10.6. The Kier molecular flexibility index (Phi) is 11.6. The Hall–Kier alpha value is 0.309. The molecule has 0 atom stereocenters. The second-order valence-corrected chi connectivity index (χ2v) is 6.72.